The lowest BCUT2D eigenvalue weighted by Crippen LogP contribution is -2.63. The smallest absolute Gasteiger partial charge is 0.330 e. The lowest BCUT2D eigenvalue weighted by molar-refractivity contribution is -0.339. The maximum atomic E-state index is 13.7. The minimum absolute atomic E-state index is 0.224. The third kappa shape index (κ3) is 15.1. The molecular weight excluding hydrogens is 777 g/mol. The molecule has 0 bridgehead atoms. The number of benzene rings is 3. The molecule has 11 nitrogen and oxygen atoms in total. The fraction of sp³-hybridized carbons (Fsp3) is 0.520. The molecule has 5 atom stereocenters. The normalized spacial score (nSPS) is 19.7. The predicted octanol–water partition coefficient (Wildman–Crippen LogP) is 9.89. The van der Waals surface area contributed by atoms with E-state index in [1.165, 1.54) is 13.2 Å². The topological polar surface area (TPSA) is 117 Å². The number of esters is 2. The summed E-state index contributed by atoms with van der Waals surface area (Å²) in [6.07, 6.45) is 8.48. The molecule has 1 unspecified atom stereocenters. The Hall–Kier alpha value is -4.52. The maximum Gasteiger partial charge on any atom is 0.330 e. The van der Waals surface area contributed by atoms with Crippen LogP contribution < -0.4 is 9.47 Å². The van der Waals surface area contributed by atoms with Crippen LogP contribution in [0.3, 0.4) is 0 Å². The molecule has 0 aromatic heterocycles. The Kier molecular flexibility index (Phi) is 20.5. The molecule has 4 rings (SSSR count). The highest BCUT2D eigenvalue weighted by molar-refractivity contribution is 5.83. The third-order valence-corrected chi connectivity index (χ3v) is 11.1. The summed E-state index contributed by atoms with van der Waals surface area (Å²) >= 11 is 0. The quantitative estimate of drug-likeness (QED) is 0.0333. The van der Waals surface area contributed by atoms with Gasteiger partial charge in [0.05, 0.1) is 66.1 Å². The first-order valence-corrected chi connectivity index (χ1v) is 21.5. The number of carbonyl (C=O) groups excluding carboxylic acids is 2. The van der Waals surface area contributed by atoms with Crippen LogP contribution in [0.25, 0.3) is 0 Å². The number of ether oxygens (including phenoxy) is 9. The Bertz CT molecular complexity index is 1790. The van der Waals surface area contributed by atoms with Crippen LogP contribution in [-0.4, -0.2) is 77.2 Å². The molecule has 3 aromatic carbocycles. The summed E-state index contributed by atoms with van der Waals surface area (Å²) in [4.78, 5) is 26.8. The average molecular weight is 845 g/mol. The van der Waals surface area contributed by atoms with Gasteiger partial charge in [0.15, 0.2) is 6.10 Å². The predicted molar refractivity (Wildman–Crippen MR) is 235 cm³/mol. The maximum absolute atomic E-state index is 13.7. The van der Waals surface area contributed by atoms with Crippen LogP contribution in [0.2, 0.25) is 0 Å². The van der Waals surface area contributed by atoms with E-state index in [1.807, 2.05) is 112 Å². The molecule has 61 heavy (non-hydrogen) atoms. The lowest BCUT2D eigenvalue weighted by atomic mass is 9.74. The first-order valence-electron chi connectivity index (χ1n) is 21.5. The summed E-state index contributed by atoms with van der Waals surface area (Å²) in [6.45, 7) is 9.46. The highest BCUT2D eigenvalue weighted by Gasteiger charge is 2.59. The van der Waals surface area contributed by atoms with Gasteiger partial charge in [-0.1, -0.05) is 113 Å². The van der Waals surface area contributed by atoms with E-state index in [4.69, 9.17) is 42.6 Å². The molecule has 3 aromatic rings. The SMILES string of the molecule is CCCCCCCC(=O)O[C@H]1/C(=C/C(=O)OC)C[C@@H](C[C@@H](OCc2ccc(OC)cc2)C(C)OCc2ccccc2)O[C@@]1(OC)C(C)(C)/C=C/COCc1ccc(OC)cc1. The Balaban J connectivity index is 1.66. The standard InChI is InChI=1S/C50H68O11/c1-9-10-11-12-16-20-46(51)60-48-41(32-47(52)55-7)31-44(61-50(48,56-8)49(3,4)29-17-30-57-34-39-21-25-42(53-5)26-22-39)33-45(37(2)58-35-38-18-14-13-15-19-38)59-36-40-23-27-43(54-6)28-24-40/h13-15,17-19,21-29,32,37,44-45,48H,9-12,16,20,30-31,33-36H2,1-8H3/b29-17+,41-32+/t37?,44-,45+,48-,50+/m0/s1. The van der Waals surface area contributed by atoms with Crippen LogP contribution in [0.15, 0.2) is 103 Å². The summed E-state index contributed by atoms with van der Waals surface area (Å²) in [5.41, 5.74) is 2.58. The Morgan fingerprint density at radius 1 is 0.803 bits per heavy atom. The van der Waals surface area contributed by atoms with E-state index in [0.717, 1.165) is 53.9 Å². The molecule has 1 saturated heterocycles. The Morgan fingerprint density at radius 2 is 1.41 bits per heavy atom. The molecule has 1 aliphatic heterocycles. The highest BCUT2D eigenvalue weighted by atomic mass is 16.7. The van der Waals surface area contributed by atoms with Crippen molar-refractivity contribution in [1.29, 1.82) is 0 Å². The molecule has 1 aliphatic rings. The zero-order chi connectivity index (χ0) is 44.1. The molecule has 1 heterocycles. The largest absolute Gasteiger partial charge is 0.497 e. The van der Waals surface area contributed by atoms with Gasteiger partial charge in [0.1, 0.15) is 11.5 Å². The summed E-state index contributed by atoms with van der Waals surface area (Å²) in [6, 6.07) is 25.4. The van der Waals surface area contributed by atoms with Gasteiger partial charge >= 0.3 is 11.9 Å². The van der Waals surface area contributed by atoms with Crippen LogP contribution in [0.4, 0.5) is 0 Å². The van der Waals surface area contributed by atoms with Gasteiger partial charge in [-0.3, -0.25) is 4.79 Å². The van der Waals surface area contributed by atoms with Gasteiger partial charge < -0.3 is 42.6 Å². The number of hydrogen-bond acceptors (Lipinski definition) is 11. The molecule has 334 valence electrons. The molecular formula is C50H68O11. The Labute approximate surface area is 363 Å². The van der Waals surface area contributed by atoms with Gasteiger partial charge in [-0.25, -0.2) is 4.79 Å². The van der Waals surface area contributed by atoms with Crippen molar-refractivity contribution >= 4 is 11.9 Å². The lowest BCUT2D eigenvalue weighted by Gasteiger charge is -2.53. The van der Waals surface area contributed by atoms with Gasteiger partial charge in [0.25, 0.3) is 0 Å². The number of carbonyl (C=O) groups is 2. The summed E-state index contributed by atoms with van der Waals surface area (Å²) < 4.78 is 54.9. The molecule has 0 spiro atoms. The van der Waals surface area contributed by atoms with E-state index < -0.39 is 41.5 Å². The van der Waals surface area contributed by atoms with E-state index in [9.17, 15) is 9.59 Å². The van der Waals surface area contributed by atoms with Crippen molar-refractivity contribution < 1.29 is 52.2 Å². The van der Waals surface area contributed by atoms with E-state index >= 15 is 0 Å². The number of methoxy groups -OCH3 is 4. The van der Waals surface area contributed by atoms with Crippen LogP contribution >= 0.6 is 0 Å². The molecule has 11 heteroatoms. The van der Waals surface area contributed by atoms with E-state index in [1.54, 1.807) is 21.3 Å². The van der Waals surface area contributed by atoms with Crippen molar-refractivity contribution in [3.8, 4) is 11.5 Å². The van der Waals surface area contributed by atoms with Crippen LogP contribution in [0.5, 0.6) is 11.5 Å². The molecule has 0 saturated carbocycles. The molecule has 0 radical (unpaired) electrons. The second-order valence-electron chi connectivity index (χ2n) is 16.0. The van der Waals surface area contributed by atoms with Gasteiger partial charge in [-0.05, 0) is 66.3 Å². The second-order valence-corrected chi connectivity index (χ2v) is 16.0. The van der Waals surface area contributed by atoms with Crippen LogP contribution in [0.1, 0.15) is 95.8 Å². The monoisotopic (exact) mass is 844 g/mol. The van der Waals surface area contributed by atoms with Crippen molar-refractivity contribution in [3.63, 3.8) is 0 Å². The highest BCUT2D eigenvalue weighted by Crippen LogP contribution is 2.49. The zero-order valence-corrected chi connectivity index (χ0v) is 37.5. The molecule has 0 amide bonds. The van der Waals surface area contributed by atoms with E-state index in [2.05, 4.69) is 6.92 Å². The van der Waals surface area contributed by atoms with E-state index in [-0.39, 0.29) is 18.9 Å². The van der Waals surface area contributed by atoms with Crippen LogP contribution in [-0.2, 0) is 62.6 Å². The zero-order valence-electron chi connectivity index (χ0n) is 37.5. The van der Waals surface area contributed by atoms with Gasteiger partial charge in [-0.15, -0.1) is 0 Å². The molecule has 0 N–H and O–H groups in total. The first-order chi connectivity index (χ1) is 29.5. The van der Waals surface area contributed by atoms with Crippen LogP contribution in [0, 0.1) is 5.41 Å². The van der Waals surface area contributed by atoms with Gasteiger partial charge in [0, 0.05) is 31.4 Å². The number of unbranched alkanes of at least 4 members (excludes halogenated alkanes) is 4. The summed E-state index contributed by atoms with van der Waals surface area (Å²) in [5, 5.41) is 0. The van der Waals surface area contributed by atoms with Crippen molar-refractivity contribution in [2.75, 3.05) is 35.0 Å². The van der Waals surface area contributed by atoms with E-state index in [0.29, 0.717) is 44.8 Å². The van der Waals surface area contributed by atoms with Crippen molar-refractivity contribution in [1.82, 2.24) is 0 Å². The summed E-state index contributed by atoms with van der Waals surface area (Å²) in [5.74, 6) is -1.03. The van der Waals surface area contributed by atoms with Gasteiger partial charge in [-0.2, -0.15) is 0 Å². The van der Waals surface area contributed by atoms with Crippen molar-refractivity contribution in [2.24, 2.45) is 5.41 Å². The fourth-order valence-corrected chi connectivity index (χ4v) is 7.48. The number of rotatable bonds is 26. The second kappa shape index (κ2) is 25.4. The molecule has 0 aliphatic carbocycles. The minimum atomic E-state index is -1.59. The van der Waals surface area contributed by atoms with Crippen molar-refractivity contribution in [3.05, 3.63) is 119 Å². The van der Waals surface area contributed by atoms with Gasteiger partial charge in [0.2, 0.25) is 5.79 Å². The molecule has 1 fully saturated rings. The first kappa shape index (κ1) is 49.1. The third-order valence-electron chi connectivity index (χ3n) is 11.1. The summed E-state index contributed by atoms with van der Waals surface area (Å²) in [7, 11) is 6.14. The number of hydrogen-bond donors (Lipinski definition) is 0. The Morgan fingerprint density at radius 3 is 2.02 bits per heavy atom. The van der Waals surface area contributed by atoms with Crippen molar-refractivity contribution in [2.45, 2.75) is 129 Å². The fourth-order valence-electron chi connectivity index (χ4n) is 7.48. The average Bonchev–Trinajstić information content (AvgIpc) is 3.27. The minimum Gasteiger partial charge on any atom is -0.497 e.